The van der Waals surface area contributed by atoms with E-state index in [2.05, 4.69) is 118 Å². The van der Waals surface area contributed by atoms with Gasteiger partial charge in [0.1, 0.15) is 5.82 Å². The third kappa shape index (κ3) is 5.30. The third-order valence-corrected chi connectivity index (χ3v) is 6.89. The SMILES string of the molecule is CC(=O)/C=C(/C)O.[Ir].[c-]1cccc2c1c1ncccc1n2-c1c(-c2ccccc2)c2ccccc2n1-c1ccccc1. The summed E-state index contributed by atoms with van der Waals surface area (Å²) in [5.74, 6) is 1.04. The van der Waals surface area contributed by atoms with E-state index in [9.17, 15) is 4.79 Å². The van der Waals surface area contributed by atoms with Crippen molar-refractivity contribution in [2.75, 3.05) is 0 Å². The monoisotopic (exact) mass is 727 g/mol. The number of carbonyl (C=O) groups excluding carboxylic acids is 1. The van der Waals surface area contributed by atoms with Crippen LogP contribution in [0.5, 0.6) is 0 Å². The fraction of sp³-hybridized carbons (Fsp3) is 0.0556. The molecule has 3 aromatic heterocycles. The van der Waals surface area contributed by atoms with Gasteiger partial charge in [-0.05, 0) is 55.3 Å². The predicted octanol–water partition coefficient (Wildman–Crippen LogP) is 8.62. The Hall–Kier alpha value is -4.77. The Bertz CT molecular complexity index is 1910. The molecule has 0 spiro atoms. The van der Waals surface area contributed by atoms with Crippen LogP contribution >= 0.6 is 0 Å². The summed E-state index contributed by atoms with van der Waals surface area (Å²) >= 11 is 0. The van der Waals surface area contributed by atoms with Crippen LogP contribution < -0.4 is 0 Å². The van der Waals surface area contributed by atoms with Gasteiger partial charge in [0.05, 0.1) is 11.3 Å². The summed E-state index contributed by atoms with van der Waals surface area (Å²) in [6.07, 6.45) is 3.03. The summed E-state index contributed by atoms with van der Waals surface area (Å²) in [5.41, 5.74) is 7.79. The number of pyridine rings is 1. The van der Waals surface area contributed by atoms with E-state index in [0.717, 1.165) is 33.4 Å². The van der Waals surface area contributed by atoms with Gasteiger partial charge in [0.15, 0.2) is 5.78 Å². The van der Waals surface area contributed by atoms with E-state index in [1.165, 1.54) is 42.0 Å². The number of fused-ring (bicyclic) bond motifs is 4. The zero-order valence-corrected chi connectivity index (χ0v) is 25.5. The molecule has 5 nitrogen and oxygen atoms in total. The first-order chi connectivity index (χ1) is 20.0. The minimum absolute atomic E-state index is 0. The van der Waals surface area contributed by atoms with Crippen molar-refractivity contribution in [3.63, 3.8) is 0 Å². The van der Waals surface area contributed by atoms with E-state index in [0.29, 0.717) is 0 Å². The van der Waals surface area contributed by atoms with Crippen LogP contribution in [-0.4, -0.2) is 25.0 Å². The van der Waals surface area contributed by atoms with Gasteiger partial charge in [0.2, 0.25) is 0 Å². The van der Waals surface area contributed by atoms with Crippen LogP contribution in [0.15, 0.2) is 133 Å². The minimum Gasteiger partial charge on any atom is -0.512 e. The first kappa shape index (κ1) is 28.7. The van der Waals surface area contributed by atoms with Crippen LogP contribution in [0.4, 0.5) is 0 Å². The van der Waals surface area contributed by atoms with Crippen LogP contribution in [0.25, 0.3) is 55.5 Å². The number of benzene rings is 4. The fourth-order valence-corrected chi connectivity index (χ4v) is 5.39. The van der Waals surface area contributed by atoms with Crippen LogP contribution in [0.1, 0.15) is 13.8 Å². The van der Waals surface area contributed by atoms with Crippen molar-refractivity contribution in [2.24, 2.45) is 0 Å². The standard InChI is InChI=1S/C31H20N3.C5H8O2.Ir/c1-3-12-22(13-4-1)29-24-16-7-9-18-26(24)33(23-14-5-2-6-15-23)31(29)34-27-19-10-8-17-25(27)30-28(34)20-11-21-32-30;1-4(6)3-5(2)7;/h1-16,18-21H;3,6H,1-2H3;/q-1;;/b;4-3-;. The van der Waals surface area contributed by atoms with Crippen molar-refractivity contribution >= 4 is 38.6 Å². The first-order valence-electron chi connectivity index (χ1n) is 13.4. The van der Waals surface area contributed by atoms with Crippen molar-refractivity contribution in [2.45, 2.75) is 13.8 Å². The van der Waals surface area contributed by atoms with Gasteiger partial charge in [0.25, 0.3) is 0 Å². The molecule has 6 heteroatoms. The summed E-state index contributed by atoms with van der Waals surface area (Å²) < 4.78 is 4.72. The molecule has 0 aliphatic carbocycles. The summed E-state index contributed by atoms with van der Waals surface area (Å²) in [4.78, 5) is 14.8. The normalized spacial score (nSPS) is 11.2. The zero-order chi connectivity index (χ0) is 28.3. The molecular formula is C36H28IrN3O2-. The van der Waals surface area contributed by atoms with Gasteiger partial charge in [-0.25, -0.2) is 0 Å². The Morgan fingerprint density at radius 3 is 2.10 bits per heavy atom. The average Bonchev–Trinajstić information content (AvgIpc) is 3.50. The molecule has 0 aliphatic heterocycles. The van der Waals surface area contributed by atoms with E-state index < -0.39 is 0 Å². The molecule has 7 rings (SSSR count). The Morgan fingerprint density at radius 2 is 1.40 bits per heavy atom. The van der Waals surface area contributed by atoms with E-state index in [4.69, 9.17) is 10.1 Å². The predicted molar refractivity (Wildman–Crippen MR) is 167 cm³/mol. The van der Waals surface area contributed by atoms with Gasteiger partial charge in [-0.3, -0.25) is 9.36 Å². The second-order valence-corrected chi connectivity index (χ2v) is 9.79. The number of hydrogen-bond acceptors (Lipinski definition) is 3. The van der Waals surface area contributed by atoms with E-state index in [1.54, 1.807) is 0 Å². The second kappa shape index (κ2) is 12.4. The molecule has 0 unspecified atom stereocenters. The Balaban J connectivity index is 0.000000396. The number of ketones is 1. The maximum Gasteiger partial charge on any atom is 0.155 e. The quantitative estimate of drug-likeness (QED) is 0.112. The average molecular weight is 727 g/mol. The Labute approximate surface area is 257 Å². The molecule has 0 atom stereocenters. The molecule has 4 aromatic carbocycles. The molecule has 0 amide bonds. The van der Waals surface area contributed by atoms with Gasteiger partial charge in [-0.1, -0.05) is 72.1 Å². The molecule has 1 N–H and O–H groups in total. The smallest absolute Gasteiger partial charge is 0.155 e. The molecular weight excluding hydrogens is 699 g/mol. The summed E-state index contributed by atoms with van der Waals surface area (Å²) in [7, 11) is 0. The van der Waals surface area contributed by atoms with Crippen molar-refractivity contribution < 1.29 is 30.0 Å². The molecule has 0 saturated heterocycles. The third-order valence-electron chi connectivity index (χ3n) is 6.89. The van der Waals surface area contributed by atoms with Gasteiger partial charge in [0, 0.05) is 60.0 Å². The summed E-state index contributed by atoms with van der Waals surface area (Å²) in [5, 5.41) is 10.6. The molecule has 7 aromatic rings. The van der Waals surface area contributed by atoms with Gasteiger partial charge >= 0.3 is 0 Å². The topological polar surface area (TPSA) is 60.0 Å². The van der Waals surface area contributed by atoms with Crippen LogP contribution in [0, 0.1) is 6.07 Å². The van der Waals surface area contributed by atoms with E-state index in [-0.39, 0.29) is 31.6 Å². The number of carbonyl (C=O) groups is 1. The summed E-state index contributed by atoms with van der Waals surface area (Å²) in [6, 6.07) is 43.7. The largest absolute Gasteiger partial charge is 0.512 e. The number of hydrogen-bond donors (Lipinski definition) is 1. The number of aliphatic hydroxyl groups excluding tert-OH is 1. The molecule has 0 fully saturated rings. The molecule has 1 radical (unpaired) electrons. The number of rotatable bonds is 4. The van der Waals surface area contributed by atoms with Crippen molar-refractivity contribution in [1.29, 1.82) is 0 Å². The first-order valence-corrected chi connectivity index (χ1v) is 13.4. The van der Waals surface area contributed by atoms with Crippen molar-refractivity contribution in [3.05, 3.63) is 139 Å². The molecule has 0 aliphatic rings. The molecule has 0 bridgehead atoms. The van der Waals surface area contributed by atoms with Crippen LogP contribution in [0.3, 0.4) is 0 Å². The number of para-hydroxylation sites is 2. The number of aliphatic hydroxyl groups is 1. The Morgan fingerprint density at radius 1 is 0.762 bits per heavy atom. The number of nitrogens with zero attached hydrogens (tertiary/aromatic N) is 3. The van der Waals surface area contributed by atoms with Crippen LogP contribution in [0.2, 0.25) is 0 Å². The molecule has 209 valence electrons. The van der Waals surface area contributed by atoms with Crippen molar-refractivity contribution in [1.82, 2.24) is 14.1 Å². The Kier molecular flexibility index (Phi) is 8.48. The molecule has 3 heterocycles. The van der Waals surface area contributed by atoms with Gasteiger partial charge in [-0.15, -0.1) is 24.3 Å². The van der Waals surface area contributed by atoms with E-state index >= 15 is 0 Å². The van der Waals surface area contributed by atoms with E-state index in [1.807, 2.05) is 18.3 Å². The minimum atomic E-state index is -0.125. The number of allylic oxidation sites excluding steroid dienone is 2. The maximum absolute atomic E-state index is 10.0. The molecule has 0 saturated carbocycles. The van der Waals surface area contributed by atoms with Crippen LogP contribution in [-0.2, 0) is 24.9 Å². The van der Waals surface area contributed by atoms with Gasteiger partial charge < -0.3 is 14.7 Å². The fourth-order valence-electron chi connectivity index (χ4n) is 5.39. The number of aromatic nitrogens is 3. The summed E-state index contributed by atoms with van der Waals surface area (Å²) in [6.45, 7) is 2.85. The zero-order valence-electron chi connectivity index (χ0n) is 23.2. The molecule has 42 heavy (non-hydrogen) atoms. The van der Waals surface area contributed by atoms with Crippen molar-refractivity contribution in [3.8, 4) is 22.6 Å². The van der Waals surface area contributed by atoms with Gasteiger partial charge in [-0.2, -0.15) is 0 Å². The maximum atomic E-state index is 10.0. The second-order valence-electron chi connectivity index (χ2n) is 9.79.